The van der Waals surface area contributed by atoms with Crippen molar-refractivity contribution in [3.05, 3.63) is 29.6 Å². The molecule has 0 spiro atoms. The predicted octanol–water partition coefficient (Wildman–Crippen LogP) is 2.15. The van der Waals surface area contributed by atoms with E-state index < -0.39 is 0 Å². The van der Waals surface area contributed by atoms with Crippen LogP contribution in [0.1, 0.15) is 18.4 Å². The average Bonchev–Trinajstić information content (AvgIpc) is 2.39. The zero-order chi connectivity index (χ0) is 13.0. The Morgan fingerprint density at radius 1 is 1.50 bits per heavy atom. The summed E-state index contributed by atoms with van der Waals surface area (Å²) in [6.07, 6.45) is 2.30. The van der Waals surface area contributed by atoms with E-state index in [1.807, 2.05) is 6.07 Å². The molecule has 1 aliphatic heterocycles. The monoisotopic (exact) mass is 252 g/mol. The van der Waals surface area contributed by atoms with Gasteiger partial charge in [0.15, 0.2) is 0 Å². The van der Waals surface area contributed by atoms with Crippen molar-refractivity contribution in [2.75, 3.05) is 31.7 Å². The van der Waals surface area contributed by atoms with Crippen LogP contribution in [0, 0.1) is 11.7 Å². The van der Waals surface area contributed by atoms with Gasteiger partial charge in [-0.25, -0.2) is 4.39 Å². The molecule has 3 nitrogen and oxygen atoms in total. The summed E-state index contributed by atoms with van der Waals surface area (Å²) in [5.74, 6) is 0.321. The minimum Gasteiger partial charge on any atom is -0.384 e. The second kappa shape index (κ2) is 6.16. The van der Waals surface area contributed by atoms with Crippen molar-refractivity contribution in [3.63, 3.8) is 0 Å². The Kier molecular flexibility index (Phi) is 4.55. The van der Waals surface area contributed by atoms with E-state index in [2.05, 4.69) is 4.90 Å². The van der Waals surface area contributed by atoms with E-state index in [9.17, 15) is 4.39 Å². The molecule has 1 atom stereocenters. The van der Waals surface area contributed by atoms with Crippen molar-refractivity contribution in [1.29, 1.82) is 0 Å². The molecule has 1 aliphatic rings. The summed E-state index contributed by atoms with van der Waals surface area (Å²) in [6, 6.07) is 5.19. The molecule has 0 saturated carbocycles. The maximum Gasteiger partial charge on any atom is 0.129 e. The molecule has 0 aliphatic carbocycles. The molecule has 1 aromatic carbocycles. The number of piperidine rings is 1. The van der Waals surface area contributed by atoms with Gasteiger partial charge in [-0.2, -0.15) is 0 Å². The lowest BCUT2D eigenvalue weighted by molar-refractivity contribution is 0.143. The molecule has 2 rings (SSSR count). The van der Waals surface area contributed by atoms with E-state index in [1.165, 1.54) is 12.5 Å². The first kappa shape index (κ1) is 13.3. The lowest BCUT2D eigenvalue weighted by Gasteiger charge is -2.35. The van der Waals surface area contributed by atoms with Gasteiger partial charge in [0.05, 0.1) is 6.61 Å². The third kappa shape index (κ3) is 2.82. The summed E-state index contributed by atoms with van der Waals surface area (Å²) in [6.45, 7) is 2.90. The van der Waals surface area contributed by atoms with Gasteiger partial charge in [0.1, 0.15) is 5.82 Å². The maximum atomic E-state index is 13.7. The predicted molar refractivity (Wildman–Crippen MR) is 71.1 cm³/mol. The largest absolute Gasteiger partial charge is 0.384 e. The minimum absolute atomic E-state index is 0.205. The summed E-state index contributed by atoms with van der Waals surface area (Å²) in [4.78, 5) is 2.23. The van der Waals surface area contributed by atoms with Gasteiger partial charge >= 0.3 is 0 Å². The number of halogens is 1. The third-order valence-corrected chi connectivity index (χ3v) is 3.56. The van der Waals surface area contributed by atoms with Gasteiger partial charge in [0, 0.05) is 38.0 Å². The number of hydrogen-bond acceptors (Lipinski definition) is 3. The lowest BCUT2D eigenvalue weighted by Crippen LogP contribution is -2.37. The molecular formula is C14H21FN2O. The van der Waals surface area contributed by atoms with E-state index in [4.69, 9.17) is 10.5 Å². The standard InChI is InChI=1S/C14H21FN2O/c1-18-10-11-4-3-7-17(9-11)14-6-2-5-13(15)12(14)8-16/h2,5-6,11H,3-4,7-10,16H2,1H3. The van der Waals surface area contributed by atoms with E-state index in [-0.39, 0.29) is 12.4 Å². The van der Waals surface area contributed by atoms with Crippen LogP contribution >= 0.6 is 0 Å². The second-order valence-electron chi connectivity index (χ2n) is 4.85. The number of ether oxygens (including phenoxy) is 1. The summed E-state index contributed by atoms with van der Waals surface area (Å²) in [5, 5.41) is 0. The normalized spacial score (nSPS) is 20.2. The molecule has 1 saturated heterocycles. The van der Waals surface area contributed by atoms with Crippen LogP contribution in [0.2, 0.25) is 0 Å². The van der Waals surface area contributed by atoms with E-state index in [1.54, 1.807) is 13.2 Å². The van der Waals surface area contributed by atoms with Crippen LogP contribution in [-0.2, 0) is 11.3 Å². The molecule has 0 aromatic heterocycles. The van der Waals surface area contributed by atoms with Crippen LogP contribution in [0.5, 0.6) is 0 Å². The highest BCUT2D eigenvalue weighted by Gasteiger charge is 2.22. The van der Waals surface area contributed by atoms with Crippen LogP contribution in [0.4, 0.5) is 10.1 Å². The highest BCUT2D eigenvalue weighted by molar-refractivity contribution is 5.54. The van der Waals surface area contributed by atoms with Crippen LogP contribution in [0.25, 0.3) is 0 Å². The molecule has 0 amide bonds. The highest BCUT2D eigenvalue weighted by Crippen LogP contribution is 2.27. The summed E-state index contributed by atoms with van der Waals surface area (Å²) in [5.41, 5.74) is 7.22. The van der Waals surface area contributed by atoms with E-state index in [0.717, 1.165) is 31.8 Å². The van der Waals surface area contributed by atoms with Gasteiger partial charge in [-0.3, -0.25) is 0 Å². The Hall–Kier alpha value is -1.13. The maximum absolute atomic E-state index is 13.7. The molecule has 4 heteroatoms. The fourth-order valence-electron chi connectivity index (χ4n) is 2.70. The Morgan fingerprint density at radius 3 is 3.06 bits per heavy atom. The zero-order valence-electron chi connectivity index (χ0n) is 10.9. The van der Waals surface area contributed by atoms with Gasteiger partial charge in [0.25, 0.3) is 0 Å². The first-order valence-electron chi connectivity index (χ1n) is 6.47. The topological polar surface area (TPSA) is 38.5 Å². The quantitative estimate of drug-likeness (QED) is 0.892. The number of hydrogen-bond donors (Lipinski definition) is 1. The molecule has 0 bridgehead atoms. The number of methoxy groups -OCH3 is 1. The summed E-state index contributed by atoms with van der Waals surface area (Å²) < 4.78 is 18.9. The van der Waals surface area contributed by atoms with Crippen molar-refractivity contribution < 1.29 is 9.13 Å². The first-order chi connectivity index (χ1) is 8.76. The van der Waals surface area contributed by atoms with Crippen molar-refractivity contribution in [2.24, 2.45) is 11.7 Å². The number of nitrogens with zero attached hydrogens (tertiary/aromatic N) is 1. The Balaban J connectivity index is 2.18. The van der Waals surface area contributed by atoms with Crippen LogP contribution < -0.4 is 10.6 Å². The fraction of sp³-hybridized carbons (Fsp3) is 0.571. The molecule has 1 aromatic rings. The Morgan fingerprint density at radius 2 is 2.33 bits per heavy atom. The third-order valence-electron chi connectivity index (χ3n) is 3.56. The average molecular weight is 252 g/mol. The highest BCUT2D eigenvalue weighted by atomic mass is 19.1. The smallest absolute Gasteiger partial charge is 0.129 e. The van der Waals surface area contributed by atoms with Crippen molar-refractivity contribution in [2.45, 2.75) is 19.4 Å². The number of anilines is 1. The van der Waals surface area contributed by atoms with Crippen LogP contribution in [-0.4, -0.2) is 26.8 Å². The molecule has 2 N–H and O–H groups in total. The zero-order valence-corrected chi connectivity index (χ0v) is 10.9. The minimum atomic E-state index is -0.205. The SMILES string of the molecule is COCC1CCCN(c2cccc(F)c2CN)C1. The number of rotatable bonds is 4. The molecule has 18 heavy (non-hydrogen) atoms. The van der Waals surface area contributed by atoms with E-state index >= 15 is 0 Å². The molecule has 0 radical (unpaired) electrons. The summed E-state index contributed by atoms with van der Waals surface area (Å²) >= 11 is 0. The van der Waals surface area contributed by atoms with Gasteiger partial charge in [-0.05, 0) is 30.9 Å². The van der Waals surface area contributed by atoms with Gasteiger partial charge in [0.2, 0.25) is 0 Å². The van der Waals surface area contributed by atoms with Crippen LogP contribution in [0.15, 0.2) is 18.2 Å². The molecular weight excluding hydrogens is 231 g/mol. The van der Waals surface area contributed by atoms with Crippen molar-refractivity contribution >= 4 is 5.69 Å². The van der Waals surface area contributed by atoms with Gasteiger partial charge < -0.3 is 15.4 Å². The lowest BCUT2D eigenvalue weighted by atomic mass is 9.97. The first-order valence-corrected chi connectivity index (χ1v) is 6.47. The summed E-state index contributed by atoms with van der Waals surface area (Å²) in [7, 11) is 1.73. The molecule has 1 heterocycles. The fourth-order valence-corrected chi connectivity index (χ4v) is 2.70. The molecule has 100 valence electrons. The Bertz CT molecular complexity index is 395. The number of benzene rings is 1. The second-order valence-corrected chi connectivity index (χ2v) is 4.85. The van der Waals surface area contributed by atoms with Gasteiger partial charge in [-0.15, -0.1) is 0 Å². The molecule has 1 fully saturated rings. The van der Waals surface area contributed by atoms with Crippen molar-refractivity contribution in [1.82, 2.24) is 0 Å². The molecule has 1 unspecified atom stereocenters. The van der Waals surface area contributed by atoms with Crippen molar-refractivity contribution in [3.8, 4) is 0 Å². The van der Waals surface area contributed by atoms with E-state index in [0.29, 0.717) is 11.5 Å². The van der Waals surface area contributed by atoms with Gasteiger partial charge in [-0.1, -0.05) is 6.07 Å². The number of nitrogens with two attached hydrogens (primary N) is 1. The Labute approximate surface area is 108 Å². The van der Waals surface area contributed by atoms with Crippen LogP contribution in [0.3, 0.4) is 0 Å².